The average Bonchev–Trinajstić information content (AvgIpc) is 2.89. The molecule has 0 amide bonds. The molecule has 1 heterocycles. The van der Waals surface area contributed by atoms with Crippen LogP contribution < -0.4 is 0 Å². The van der Waals surface area contributed by atoms with Gasteiger partial charge in [0.2, 0.25) is 11.7 Å². The molecule has 2 aromatic rings. The van der Waals surface area contributed by atoms with Gasteiger partial charge in [0.1, 0.15) is 0 Å². The molecule has 2 rings (SSSR count). The quantitative estimate of drug-likeness (QED) is 0.839. The van der Waals surface area contributed by atoms with Gasteiger partial charge in [0.15, 0.2) is 0 Å². The first kappa shape index (κ1) is 14.7. The molecule has 0 unspecified atom stereocenters. The normalized spacial score (nSPS) is 11.2. The van der Waals surface area contributed by atoms with E-state index in [-0.39, 0.29) is 6.61 Å². The maximum Gasteiger partial charge on any atom is 0.241 e. The zero-order valence-electron chi connectivity index (χ0n) is 12.0. The number of nitrogens with zero attached hydrogens (tertiary/aromatic N) is 3. The van der Waals surface area contributed by atoms with Crippen LogP contribution in [0, 0.1) is 6.92 Å². The van der Waals surface area contributed by atoms with Crippen LogP contribution in [0.4, 0.5) is 0 Å². The summed E-state index contributed by atoms with van der Waals surface area (Å²) in [6.07, 6.45) is 1.03. The van der Waals surface area contributed by atoms with Crippen LogP contribution in [0.1, 0.15) is 24.8 Å². The number of aryl methyl sites for hydroxylation is 1. The predicted octanol–water partition coefficient (Wildman–Crippen LogP) is 2.25. The van der Waals surface area contributed by atoms with Gasteiger partial charge in [-0.3, -0.25) is 4.90 Å². The maximum atomic E-state index is 9.04. The van der Waals surface area contributed by atoms with Gasteiger partial charge in [0, 0.05) is 12.1 Å². The molecule has 5 nitrogen and oxygen atoms in total. The van der Waals surface area contributed by atoms with E-state index in [1.807, 2.05) is 31.2 Å². The Morgan fingerprint density at radius 1 is 1.20 bits per heavy atom. The van der Waals surface area contributed by atoms with Crippen LogP contribution >= 0.6 is 0 Å². The van der Waals surface area contributed by atoms with Crippen LogP contribution in [0.2, 0.25) is 0 Å². The summed E-state index contributed by atoms with van der Waals surface area (Å²) in [7, 11) is 0. The lowest BCUT2D eigenvalue weighted by Crippen LogP contribution is -2.27. The van der Waals surface area contributed by atoms with Crippen molar-refractivity contribution in [3.05, 3.63) is 35.7 Å². The molecule has 0 bridgehead atoms. The number of hydrogen-bond donors (Lipinski definition) is 1. The molecule has 1 aromatic heterocycles. The number of benzene rings is 1. The van der Waals surface area contributed by atoms with Crippen LogP contribution in [0.5, 0.6) is 0 Å². The van der Waals surface area contributed by atoms with Crippen molar-refractivity contribution in [3.63, 3.8) is 0 Å². The second kappa shape index (κ2) is 7.17. The van der Waals surface area contributed by atoms with Gasteiger partial charge in [-0.15, -0.1) is 0 Å². The number of aliphatic hydroxyl groups is 1. The molecule has 0 saturated carbocycles. The molecule has 108 valence electrons. The topological polar surface area (TPSA) is 62.4 Å². The van der Waals surface area contributed by atoms with Gasteiger partial charge in [-0.2, -0.15) is 4.98 Å². The van der Waals surface area contributed by atoms with E-state index in [0.29, 0.717) is 24.8 Å². The first-order valence-electron chi connectivity index (χ1n) is 6.95. The fraction of sp³-hybridized carbons (Fsp3) is 0.467. The van der Waals surface area contributed by atoms with Gasteiger partial charge in [0.05, 0.1) is 13.2 Å². The molecule has 0 radical (unpaired) electrons. The maximum absolute atomic E-state index is 9.04. The van der Waals surface area contributed by atoms with Crippen molar-refractivity contribution in [1.29, 1.82) is 0 Å². The standard InChI is InChI=1S/C15H21N3O2/c1-3-8-18(9-10-19)11-14-16-15(17-20-14)13-6-4-12(2)5-7-13/h4-7,19H,3,8-11H2,1-2H3. The molecule has 1 aromatic carbocycles. The highest BCUT2D eigenvalue weighted by atomic mass is 16.5. The van der Waals surface area contributed by atoms with E-state index in [2.05, 4.69) is 22.0 Å². The minimum absolute atomic E-state index is 0.138. The molecule has 0 aliphatic carbocycles. The zero-order valence-corrected chi connectivity index (χ0v) is 12.0. The molecule has 1 N–H and O–H groups in total. The van der Waals surface area contributed by atoms with E-state index in [9.17, 15) is 0 Å². The van der Waals surface area contributed by atoms with Crippen molar-refractivity contribution < 1.29 is 9.63 Å². The Labute approximate surface area is 119 Å². The van der Waals surface area contributed by atoms with Crippen LogP contribution in [-0.2, 0) is 6.54 Å². The third kappa shape index (κ3) is 3.88. The van der Waals surface area contributed by atoms with Crippen LogP contribution in [-0.4, -0.2) is 39.8 Å². The Balaban J connectivity index is 2.06. The summed E-state index contributed by atoms with van der Waals surface area (Å²) in [6, 6.07) is 8.03. The number of rotatable bonds is 7. The van der Waals surface area contributed by atoms with Gasteiger partial charge in [0.25, 0.3) is 0 Å². The lowest BCUT2D eigenvalue weighted by molar-refractivity contribution is 0.174. The van der Waals surface area contributed by atoms with E-state index in [4.69, 9.17) is 9.63 Å². The minimum Gasteiger partial charge on any atom is -0.395 e. The fourth-order valence-electron chi connectivity index (χ4n) is 2.06. The number of hydrogen-bond acceptors (Lipinski definition) is 5. The molecule has 0 fully saturated rings. The van der Waals surface area contributed by atoms with E-state index >= 15 is 0 Å². The third-order valence-corrected chi connectivity index (χ3v) is 3.09. The molecule has 0 aliphatic heterocycles. The fourth-order valence-corrected chi connectivity index (χ4v) is 2.06. The Morgan fingerprint density at radius 2 is 1.95 bits per heavy atom. The van der Waals surface area contributed by atoms with Crippen molar-refractivity contribution in [3.8, 4) is 11.4 Å². The Hall–Kier alpha value is -1.72. The second-order valence-corrected chi connectivity index (χ2v) is 4.88. The van der Waals surface area contributed by atoms with E-state index in [1.54, 1.807) is 0 Å². The van der Waals surface area contributed by atoms with E-state index < -0.39 is 0 Å². The van der Waals surface area contributed by atoms with Crippen molar-refractivity contribution >= 4 is 0 Å². The van der Waals surface area contributed by atoms with Gasteiger partial charge < -0.3 is 9.63 Å². The zero-order chi connectivity index (χ0) is 14.4. The predicted molar refractivity (Wildman–Crippen MR) is 77.1 cm³/mol. The molecule has 0 aliphatic rings. The van der Waals surface area contributed by atoms with Gasteiger partial charge in [-0.05, 0) is 19.9 Å². The SMILES string of the molecule is CCCN(CCO)Cc1nc(-c2ccc(C)cc2)no1. The summed E-state index contributed by atoms with van der Waals surface area (Å²) in [4.78, 5) is 6.52. The van der Waals surface area contributed by atoms with Crippen molar-refractivity contribution in [2.24, 2.45) is 0 Å². The smallest absolute Gasteiger partial charge is 0.241 e. The monoisotopic (exact) mass is 275 g/mol. The Kier molecular flexibility index (Phi) is 5.26. The molecule has 20 heavy (non-hydrogen) atoms. The molecular formula is C15H21N3O2. The summed E-state index contributed by atoms with van der Waals surface area (Å²) < 4.78 is 5.29. The minimum atomic E-state index is 0.138. The lowest BCUT2D eigenvalue weighted by atomic mass is 10.1. The largest absolute Gasteiger partial charge is 0.395 e. The highest BCUT2D eigenvalue weighted by Gasteiger charge is 2.12. The highest BCUT2D eigenvalue weighted by Crippen LogP contribution is 2.16. The molecule has 5 heteroatoms. The average molecular weight is 275 g/mol. The van der Waals surface area contributed by atoms with Gasteiger partial charge in [-0.25, -0.2) is 0 Å². The summed E-state index contributed by atoms with van der Waals surface area (Å²) in [5.41, 5.74) is 2.16. The summed E-state index contributed by atoms with van der Waals surface area (Å²) >= 11 is 0. The first-order chi connectivity index (χ1) is 9.72. The summed E-state index contributed by atoms with van der Waals surface area (Å²) in [5.74, 6) is 1.20. The van der Waals surface area contributed by atoms with Crippen molar-refractivity contribution in [1.82, 2.24) is 15.0 Å². The Bertz CT molecular complexity index is 516. The number of aromatic nitrogens is 2. The van der Waals surface area contributed by atoms with Crippen LogP contribution in [0.3, 0.4) is 0 Å². The van der Waals surface area contributed by atoms with Gasteiger partial charge in [-0.1, -0.05) is 41.9 Å². The molecule has 0 saturated heterocycles. The summed E-state index contributed by atoms with van der Waals surface area (Å²) in [5, 5.41) is 13.1. The van der Waals surface area contributed by atoms with E-state index in [1.165, 1.54) is 5.56 Å². The Morgan fingerprint density at radius 3 is 2.60 bits per heavy atom. The van der Waals surface area contributed by atoms with Crippen molar-refractivity contribution in [2.45, 2.75) is 26.8 Å². The third-order valence-electron chi connectivity index (χ3n) is 3.09. The molecule has 0 atom stereocenters. The van der Waals surface area contributed by atoms with Crippen LogP contribution in [0.15, 0.2) is 28.8 Å². The summed E-state index contributed by atoms with van der Waals surface area (Å²) in [6.45, 7) is 6.39. The molecule has 0 spiro atoms. The first-order valence-corrected chi connectivity index (χ1v) is 6.95. The van der Waals surface area contributed by atoms with Gasteiger partial charge >= 0.3 is 0 Å². The number of aliphatic hydroxyl groups excluding tert-OH is 1. The second-order valence-electron chi connectivity index (χ2n) is 4.88. The molecular weight excluding hydrogens is 254 g/mol. The van der Waals surface area contributed by atoms with E-state index in [0.717, 1.165) is 18.5 Å². The lowest BCUT2D eigenvalue weighted by Gasteiger charge is -2.17. The van der Waals surface area contributed by atoms with Crippen molar-refractivity contribution in [2.75, 3.05) is 19.7 Å². The highest BCUT2D eigenvalue weighted by molar-refractivity contribution is 5.54. The van der Waals surface area contributed by atoms with Crippen LogP contribution in [0.25, 0.3) is 11.4 Å².